The normalized spacial score (nSPS) is 12.4. The minimum Gasteiger partial charge on any atom is -0.397 e. The second-order valence-electron chi connectivity index (χ2n) is 4.36. The van der Waals surface area contributed by atoms with Crippen LogP contribution in [0, 0.1) is 6.92 Å². The molecule has 0 saturated heterocycles. The molecule has 18 heavy (non-hydrogen) atoms. The van der Waals surface area contributed by atoms with Crippen molar-refractivity contribution in [1.29, 1.82) is 0 Å². The van der Waals surface area contributed by atoms with E-state index in [1.807, 2.05) is 17.4 Å². The van der Waals surface area contributed by atoms with E-state index in [9.17, 15) is 0 Å². The Balaban J connectivity index is 2.00. The molecule has 3 N–H and O–H groups in total. The highest BCUT2D eigenvalue weighted by molar-refractivity contribution is 9.10. The average molecular weight is 326 g/mol. The SMILES string of the molecule is Cc1ccc(CC(C)Nc2ncc(N)cc2Br)s1. The van der Waals surface area contributed by atoms with Crippen LogP contribution in [0.1, 0.15) is 16.7 Å². The highest BCUT2D eigenvalue weighted by atomic mass is 79.9. The number of nitrogen functional groups attached to an aromatic ring is 1. The van der Waals surface area contributed by atoms with Crippen LogP contribution in [0.3, 0.4) is 0 Å². The van der Waals surface area contributed by atoms with Crippen LogP contribution in [0.25, 0.3) is 0 Å². The average Bonchev–Trinajstić information content (AvgIpc) is 2.68. The molecular weight excluding hydrogens is 310 g/mol. The number of halogens is 1. The van der Waals surface area contributed by atoms with E-state index in [1.54, 1.807) is 6.20 Å². The summed E-state index contributed by atoms with van der Waals surface area (Å²) in [5.74, 6) is 0.838. The number of anilines is 2. The lowest BCUT2D eigenvalue weighted by Crippen LogP contribution is -2.18. The minimum atomic E-state index is 0.329. The lowest BCUT2D eigenvalue weighted by atomic mass is 10.2. The van der Waals surface area contributed by atoms with Crippen LogP contribution >= 0.6 is 27.3 Å². The van der Waals surface area contributed by atoms with Crippen molar-refractivity contribution in [3.8, 4) is 0 Å². The van der Waals surface area contributed by atoms with E-state index in [4.69, 9.17) is 5.73 Å². The van der Waals surface area contributed by atoms with Gasteiger partial charge in [-0.2, -0.15) is 0 Å². The van der Waals surface area contributed by atoms with E-state index >= 15 is 0 Å². The van der Waals surface area contributed by atoms with Gasteiger partial charge in [-0.3, -0.25) is 0 Å². The van der Waals surface area contributed by atoms with Gasteiger partial charge in [0, 0.05) is 22.2 Å². The van der Waals surface area contributed by atoms with E-state index < -0.39 is 0 Å². The highest BCUT2D eigenvalue weighted by Crippen LogP contribution is 2.23. The summed E-state index contributed by atoms with van der Waals surface area (Å²) in [6.07, 6.45) is 2.66. The predicted octanol–water partition coefficient (Wildman–Crippen LogP) is 3.84. The van der Waals surface area contributed by atoms with Gasteiger partial charge in [0.2, 0.25) is 0 Å². The first kappa shape index (κ1) is 13.4. The quantitative estimate of drug-likeness (QED) is 0.897. The third-order valence-corrected chi connectivity index (χ3v) is 4.18. The molecule has 3 nitrogen and oxygen atoms in total. The number of nitrogens with zero attached hydrogens (tertiary/aromatic N) is 1. The lowest BCUT2D eigenvalue weighted by molar-refractivity contribution is 0.793. The fraction of sp³-hybridized carbons (Fsp3) is 0.308. The number of nitrogens with one attached hydrogen (secondary N) is 1. The van der Waals surface area contributed by atoms with Crippen LogP contribution < -0.4 is 11.1 Å². The first-order valence-corrected chi connectivity index (χ1v) is 7.38. The maximum absolute atomic E-state index is 5.67. The predicted molar refractivity (Wildman–Crippen MR) is 82.2 cm³/mol. The molecule has 0 aliphatic rings. The standard InChI is InChI=1S/C13H16BrN3S/c1-8(5-11-4-3-9(2)18-11)17-13-12(14)6-10(15)7-16-13/h3-4,6-8H,5,15H2,1-2H3,(H,16,17). The molecule has 2 heterocycles. The van der Waals surface area contributed by atoms with Gasteiger partial charge in [-0.1, -0.05) is 0 Å². The smallest absolute Gasteiger partial charge is 0.140 e. The van der Waals surface area contributed by atoms with Gasteiger partial charge < -0.3 is 11.1 Å². The van der Waals surface area contributed by atoms with Crippen molar-refractivity contribution in [2.45, 2.75) is 26.3 Å². The molecule has 0 amide bonds. The summed E-state index contributed by atoms with van der Waals surface area (Å²) in [7, 11) is 0. The number of nitrogens with two attached hydrogens (primary N) is 1. The van der Waals surface area contributed by atoms with Crippen LogP contribution in [0.5, 0.6) is 0 Å². The Morgan fingerprint density at radius 3 is 2.89 bits per heavy atom. The zero-order chi connectivity index (χ0) is 13.1. The van der Waals surface area contributed by atoms with Crippen molar-refractivity contribution in [2.75, 3.05) is 11.1 Å². The summed E-state index contributed by atoms with van der Waals surface area (Å²) >= 11 is 5.30. The third-order valence-electron chi connectivity index (χ3n) is 2.55. The van der Waals surface area contributed by atoms with Gasteiger partial charge in [0.25, 0.3) is 0 Å². The molecule has 0 radical (unpaired) electrons. The molecular formula is C13H16BrN3S. The van der Waals surface area contributed by atoms with E-state index in [0.29, 0.717) is 11.7 Å². The molecule has 0 fully saturated rings. The number of hydrogen-bond donors (Lipinski definition) is 2. The molecule has 2 rings (SSSR count). The minimum absolute atomic E-state index is 0.329. The van der Waals surface area contributed by atoms with Crippen LogP contribution in [-0.2, 0) is 6.42 Å². The molecule has 0 aliphatic carbocycles. The van der Waals surface area contributed by atoms with Crippen molar-refractivity contribution in [3.63, 3.8) is 0 Å². The summed E-state index contributed by atoms with van der Waals surface area (Å²) in [6.45, 7) is 4.28. The molecule has 2 aromatic rings. The van der Waals surface area contributed by atoms with Gasteiger partial charge in [0.15, 0.2) is 0 Å². The van der Waals surface area contributed by atoms with Crippen molar-refractivity contribution in [3.05, 3.63) is 38.6 Å². The fourth-order valence-corrected chi connectivity index (χ4v) is 3.24. The van der Waals surface area contributed by atoms with Gasteiger partial charge >= 0.3 is 0 Å². The second-order valence-corrected chi connectivity index (χ2v) is 6.59. The fourth-order valence-electron chi connectivity index (χ4n) is 1.74. The summed E-state index contributed by atoms with van der Waals surface area (Å²) < 4.78 is 0.900. The summed E-state index contributed by atoms with van der Waals surface area (Å²) in [5.41, 5.74) is 6.33. The Hall–Kier alpha value is -1.07. The van der Waals surface area contributed by atoms with E-state index in [0.717, 1.165) is 16.7 Å². The molecule has 5 heteroatoms. The lowest BCUT2D eigenvalue weighted by Gasteiger charge is -2.14. The monoisotopic (exact) mass is 325 g/mol. The molecule has 0 aromatic carbocycles. The summed E-state index contributed by atoms with van der Waals surface area (Å²) in [5, 5.41) is 3.39. The number of rotatable bonds is 4. The number of thiophene rings is 1. The summed E-state index contributed by atoms with van der Waals surface area (Å²) in [6, 6.07) is 6.53. The zero-order valence-electron chi connectivity index (χ0n) is 10.4. The first-order chi connectivity index (χ1) is 8.54. The van der Waals surface area contributed by atoms with E-state index in [1.165, 1.54) is 9.75 Å². The van der Waals surface area contributed by atoms with Crippen molar-refractivity contribution in [1.82, 2.24) is 4.98 Å². The highest BCUT2D eigenvalue weighted by Gasteiger charge is 2.08. The number of aryl methyl sites for hydroxylation is 1. The maximum atomic E-state index is 5.67. The summed E-state index contributed by atoms with van der Waals surface area (Å²) in [4.78, 5) is 7.02. The number of hydrogen-bond acceptors (Lipinski definition) is 4. The van der Waals surface area contributed by atoms with Crippen LogP contribution in [0.15, 0.2) is 28.9 Å². The molecule has 0 aliphatic heterocycles. The van der Waals surface area contributed by atoms with Gasteiger partial charge in [-0.05, 0) is 48.0 Å². The Labute approximate surface area is 120 Å². The molecule has 2 aromatic heterocycles. The van der Waals surface area contributed by atoms with Crippen molar-refractivity contribution < 1.29 is 0 Å². The van der Waals surface area contributed by atoms with Crippen LogP contribution in [0.2, 0.25) is 0 Å². The number of aromatic nitrogens is 1. The topological polar surface area (TPSA) is 50.9 Å². The van der Waals surface area contributed by atoms with E-state index in [2.05, 4.69) is 52.2 Å². The van der Waals surface area contributed by atoms with Gasteiger partial charge in [0.05, 0.1) is 16.4 Å². The molecule has 1 atom stereocenters. The largest absolute Gasteiger partial charge is 0.397 e. The Bertz CT molecular complexity index is 539. The van der Waals surface area contributed by atoms with Gasteiger partial charge in [0.1, 0.15) is 5.82 Å². The second kappa shape index (κ2) is 5.71. The van der Waals surface area contributed by atoms with Crippen LogP contribution in [-0.4, -0.2) is 11.0 Å². The van der Waals surface area contributed by atoms with Gasteiger partial charge in [-0.25, -0.2) is 4.98 Å². The third kappa shape index (κ3) is 3.46. The molecule has 0 spiro atoms. The Morgan fingerprint density at radius 2 is 2.28 bits per heavy atom. The zero-order valence-corrected chi connectivity index (χ0v) is 12.8. The Morgan fingerprint density at radius 1 is 1.50 bits per heavy atom. The first-order valence-electron chi connectivity index (χ1n) is 5.77. The molecule has 0 saturated carbocycles. The van der Waals surface area contributed by atoms with Crippen molar-refractivity contribution >= 4 is 38.8 Å². The molecule has 1 unspecified atom stereocenters. The molecule has 0 bridgehead atoms. The van der Waals surface area contributed by atoms with Crippen molar-refractivity contribution in [2.24, 2.45) is 0 Å². The molecule has 96 valence electrons. The van der Waals surface area contributed by atoms with E-state index in [-0.39, 0.29) is 0 Å². The van der Waals surface area contributed by atoms with Gasteiger partial charge in [-0.15, -0.1) is 11.3 Å². The Kier molecular flexibility index (Phi) is 4.24. The maximum Gasteiger partial charge on any atom is 0.140 e. The van der Waals surface area contributed by atoms with Crippen LogP contribution in [0.4, 0.5) is 11.5 Å². The number of pyridine rings is 1.